The average molecular weight is 463 g/mol. The van der Waals surface area contributed by atoms with Crippen LogP contribution in [-0.2, 0) is 5.54 Å². The lowest BCUT2D eigenvalue weighted by Gasteiger charge is -2.27. The molecule has 34 heavy (non-hydrogen) atoms. The van der Waals surface area contributed by atoms with E-state index < -0.39 is 0 Å². The number of methoxy groups -OCH3 is 2. The van der Waals surface area contributed by atoms with Crippen LogP contribution in [0.3, 0.4) is 0 Å². The second-order valence-electron chi connectivity index (χ2n) is 10.5. The lowest BCUT2D eigenvalue weighted by Crippen LogP contribution is -2.31. The highest BCUT2D eigenvalue weighted by Crippen LogP contribution is 2.43. The fraction of sp³-hybridized carbons (Fsp3) is 0.519. The van der Waals surface area contributed by atoms with Gasteiger partial charge in [0.25, 0.3) is 5.91 Å². The van der Waals surface area contributed by atoms with Crippen molar-refractivity contribution < 1.29 is 14.3 Å². The number of pyridine rings is 1. The van der Waals surface area contributed by atoms with Gasteiger partial charge in [-0.15, -0.1) is 0 Å². The molecule has 1 aliphatic carbocycles. The molecule has 2 aromatic heterocycles. The lowest BCUT2D eigenvalue weighted by atomic mass is 10.0. The zero-order valence-corrected chi connectivity index (χ0v) is 21.0. The van der Waals surface area contributed by atoms with Crippen LogP contribution < -0.4 is 9.47 Å². The summed E-state index contributed by atoms with van der Waals surface area (Å²) >= 11 is 0. The number of benzene rings is 1. The van der Waals surface area contributed by atoms with Crippen molar-refractivity contribution >= 4 is 16.9 Å². The highest BCUT2D eigenvalue weighted by Gasteiger charge is 2.36. The summed E-state index contributed by atoms with van der Waals surface area (Å²) in [5.41, 5.74) is 4.19. The van der Waals surface area contributed by atoms with Crippen LogP contribution in [0, 0.1) is 6.92 Å². The van der Waals surface area contributed by atoms with E-state index in [1.165, 1.54) is 0 Å². The first-order valence-corrected chi connectivity index (χ1v) is 12.2. The van der Waals surface area contributed by atoms with E-state index in [2.05, 4.69) is 20.8 Å². The van der Waals surface area contributed by atoms with Crippen LogP contribution in [0.2, 0.25) is 0 Å². The number of aryl methyl sites for hydroxylation is 1. The van der Waals surface area contributed by atoms with Crippen molar-refractivity contribution in [3.63, 3.8) is 0 Å². The molecule has 2 aliphatic rings. The number of rotatable bonds is 5. The number of carbonyl (C=O) groups is 1. The first-order chi connectivity index (χ1) is 16.2. The molecule has 7 heteroatoms. The first kappa shape index (κ1) is 22.7. The van der Waals surface area contributed by atoms with E-state index in [9.17, 15) is 4.79 Å². The Labute approximate surface area is 201 Å². The number of nitrogens with zero attached hydrogens (tertiary/aromatic N) is 4. The minimum atomic E-state index is -0.228. The van der Waals surface area contributed by atoms with E-state index in [1.54, 1.807) is 14.2 Å². The molecule has 1 aliphatic heterocycles. The van der Waals surface area contributed by atoms with Gasteiger partial charge >= 0.3 is 0 Å². The summed E-state index contributed by atoms with van der Waals surface area (Å²) in [7, 11) is 3.31. The maximum absolute atomic E-state index is 14.2. The summed E-state index contributed by atoms with van der Waals surface area (Å²) in [6.07, 6.45) is 4.11. The van der Waals surface area contributed by atoms with Crippen molar-refractivity contribution in [1.29, 1.82) is 0 Å². The van der Waals surface area contributed by atoms with Crippen LogP contribution in [0.4, 0.5) is 0 Å². The minimum Gasteiger partial charge on any atom is -0.497 e. The fourth-order valence-corrected chi connectivity index (χ4v) is 5.11. The zero-order chi connectivity index (χ0) is 24.2. The zero-order valence-electron chi connectivity index (χ0n) is 21.0. The molecule has 1 unspecified atom stereocenters. The molecule has 1 saturated carbocycles. The van der Waals surface area contributed by atoms with Gasteiger partial charge in [0, 0.05) is 29.8 Å². The molecule has 1 amide bonds. The Morgan fingerprint density at radius 2 is 1.85 bits per heavy atom. The van der Waals surface area contributed by atoms with Crippen LogP contribution in [0.5, 0.6) is 11.5 Å². The van der Waals surface area contributed by atoms with E-state index >= 15 is 0 Å². The molecule has 0 bridgehead atoms. The number of fused-ring (bicyclic) bond motifs is 1. The van der Waals surface area contributed by atoms with Crippen molar-refractivity contribution in [2.24, 2.45) is 0 Å². The van der Waals surface area contributed by atoms with Gasteiger partial charge in [0.15, 0.2) is 5.65 Å². The van der Waals surface area contributed by atoms with Crippen LogP contribution in [0.1, 0.15) is 85.7 Å². The third-order valence-corrected chi connectivity index (χ3v) is 7.01. The van der Waals surface area contributed by atoms with E-state index in [-0.39, 0.29) is 17.5 Å². The van der Waals surface area contributed by atoms with Gasteiger partial charge in [-0.3, -0.25) is 4.79 Å². The normalized spacial score (nSPS) is 18.5. The number of hydrogen-bond acceptors (Lipinski definition) is 5. The molecule has 7 nitrogen and oxygen atoms in total. The maximum atomic E-state index is 14.2. The standard InChI is InChI=1S/C27H34N4O3/c1-16-24-20(15-21(17-9-10-17)28-25(24)31(29-16)27(2,3)4)26(32)30-13-7-8-22(30)19-12-11-18(33-5)14-23(19)34-6/h11-12,14-15,17,22H,7-10,13H2,1-6H3. The molecule has 3 aromatic rings. The van der Waals surface area contributed by atoms with Gasteiger partial charge in [-0.25, -0.2) is 9.67 Å². The summed E-state index contributed by atoms with van der Waals surface area (Å²) in [4.78, 5) is 21.2. The predicted octanol–water partition coefficient (Wildman–Crippen LogP) is 5.37. The van der Waals surface area contributed by atoms with E-state index in [4.69, 9.17) is 19.6 Å². The molecule has 0 N–H and O–H groups in total. The molecular formula is C27H34N4O3. The molecule has 180 valence electrons. The van der Waals surface area contributed by atoms with Crippen molar-refractivity contribution in [2.75, 3.05) is 20.8 Å². The summed E-state index contributed by atoms with van der Waals surface area (Å²) in [6, 6.07) is 7.84. The molecule has 0 radical (unpaired) electrons. The molecule has 1 atom stereocenters. The van der Waals surface area contributed by atoms with Gasteiger partial charge in [0.1, 0.15) is 11.5 Å². The fourth-order valence-electron chi connectivity index (χ4n) is 5.11. The highest BCUT2D eigenvalue weighted by atomic mass is 16.5. The summed E-state index contributed by atoms with van der Waals surface area (Å²) in [5.74, 6) is 1.98. The van der Waals surface area contributed by atoms with Crippen LogP contribution >= 0.6 is 0 Å². The van der Waals surface area contributed by atoms with Crippen molar-refractivity contribution in [1.82, 2.24) is 19.7 Å². The summed E-state index contributed by atoms with van der Waals surface area (Å²) in [5, 5.41) is 5.70. The van der Waals surface area contributed by atoms with Gasteiger partial charge in [-0.2, -0.15) is 5.10 Å². The predicted molar refractivity (Wildman–Crippen MR) is 132 cm³/mol. The smallest absolute Gasteiger partial charge is 0.255 e. The highest BCUT2D eigenvalue weighted by molar-refractivity contribution is 6.07. The van der Waals surface area contributed by atoms with Crippen molar-refractivity contribution in [3.05, 3.63) is 46.8 Å². The molecule has 3 heterocycles. The maximum Gasteiger partial charge on any atom is 0.255 e. The lowest BCUT2D eigenvalue weighted by molar-refractivity contribution is 0.0736. The SMILES string of the molecule is COc1ccc(C2CCCN2C(=O)c2cc(C3CC3)nc3c2c(C)nn3C(C)(C)C)c(OC)c1. The number of amides is 1. The Hall–Kier alpha value is -3.09. The van der Waals surface area contributed by atoms with E-state index in [0.29, 0.717) is 12.5 Å². The average Bonchev–Trinajstić information content (AvgIpc) is 3.46. The number of hydrogen-bond donors (Lipinski definition) is 0. The van der Waals surface area contributed by atoms with Gasteiger partial charge < -0.3 is 14.4 Å². The monoisotopic (exact) mass is 462 g/mol. The van der Waals surface area contributed by atoms with Crippen molar-refractivity contribution in [3.8, 4) is 11.5 Å². The van der Waals surface area contributed by atoms with Crippen LogP contribution in [-0.4, -0.2) is 46.3 Å². The number of aromatic nitrogens is 3. The largest absolute Gasteiger partial charge is 0.497 e. The molecule has 1 aromatic carbocycles. The Morgan fingerprint density at radius 3 is 2.50 bits per heavy atom. The first-order valence-electron chi connectivity index (χ1n) is 12.2. The van der Waals surface area contributed by atoms with Crippen molar-refractivity contribution in [2.45, 2.75) is 70.9 Å². The quantitative estimate of drug-likeness (QED) is 0.510. The molecule has 5 rings (SSSR count). The van der Waals surface area contributed by atoms with Gasteiger partial charge in [0.2, 0.25) is 0 Å². The Bertz CT molecular complexity index is 1250. The van der Waals surface area contributed by atoms with Gasteiger partial charge in [-0.1, -0.05) is 0 Å². The summed E-state index contributed by atoms with van der Waals surface area (Å²) in [6.45, 7) is 9.07. The molecule has 2 fully saturated rings. The second kappa shape index (κ2) is 8.29. The Kier molecular flexibility index (Phi) is 5.53. The van der Waals surface area contributed by atoms with Gasteiger partial charge in [-0.05, 0) is 71.6 Å². The summed E-state index contributed by atoms with van der Waals surface area (Å²) < 4.78 is 13.0. The Balaban J connectivity index is 1.61. The molecular weight excluding hydrogens is 428 g/mol. The third-order valence-electron chi connectivity index (χ3n) is 7.01. The Morgan fingerprint density at radius 1 is 1.09 bits per heavy atom. The third kappa shape index (κ3) is 3.81. The topological polar surface area (TPSA) is 69.5 Å². The second-order valence-corrected chi connectivity index (χ2v) is 10.5. The van der Waals surface area contributed by atoms with E-state index in [0.717, 1.165) is 70.7 Å². The number of likely N-dealkylation sites (tertiary alicyclic amines) is 1. The van der Waals surface area contributed by atoms with Gasteiger partial charge in [0.05, 0.1) is 42.4 Å². The van der Waals surface area contributed by atoms with Crippen LogP contribution in [0.15, 0.2) is 24.3 Å². The van der Waals surface area contributed by atoms with Crippen LogP contribution in [0.25, 0.3) is 11.0 Å². The minimum absolute atomic E-state index is 0.0427. The number of carbonyl (C=O) groups excluding carboxylic acids is 1. The number of ether oxygens (including phenoxy) is 2. The van der Waals surface area contributed by atoms with E-state index in [1.807, 2.05) is 40.8 Å². The molecule has 0 spiro atoms. The molecule has 1 saturated heterocycles.